The Morgan fingerprint density at radius 2 is 2.19 bits per heavy atom. The molecule has 112 valence electrons. The zero-order valence-electron chi connectivity index (χ0n) is 13.2. The molecule has 0 saturated carbocycles. The highest BCUT2D eigenvalue weighted by Crippen LogP contribution is 2.22. The van der Waals surface area contributed by atoms with Crippen molar-refractivity contribution in [3.8, 4) is 0 Å². The molecule has 2 heterocycles. The first kappa shape index (κ1) is 15.3. The topological polar surface area (TPSA) is 57.8 Å². The normalized spacial score (nSPS) is 12.2. The molecule has 0 atom stereocenters. The zero-order valence-corrected chi connectivity index (χ0v) is 13.2. The Labute approximate surface area is 125 Å². The average molecular weight is 285 g/mol. The number of nitrogens with one attached hydrogen (secondary N) is 2. The van der Waals surface area contributed by atoms with Gasteiger partial charge in [0, 0.05) is 18.1 Å². The van der Waals surface area contributed by atoms with Crippen LogP contribution in [0.1, 0.15) is 33.3 Å². The summed E-state index contributed by atoms with van der Waals surface area (Å²) in [5.41, 5.74) is 3.27. The first-order chi connectivity index (χ1) is 9.85. The maximum Gasteiger partial charge on any atom is 0.152 e. The first-order valence-corrected chi connectivity index (χ1v) is 7.22. The number of carbonyl (C=O) groups excluding carboxylic acids is 1. The Bertz CT molecular complexity index is 662. The number of fused-ring (bicyclic) bond motifs is 1. The van der Waals surface area contributed by atoms with Crippen molar-refractivity contribution in [1.29, 1.82) is 0 Å². The van der Waals surface area contributed by atoms with Crippen LogP contribution in [0.2, 0.25) is 0 Å². The van der Waals surface area contributed by atoms with Crippen LogP contribution in [0.5, 0.6) is 0 Å². The second kappa shape index (κ2) is 6.12. The van der Waals surface area contributed by atoms with Gasteiger partial charge in [-0.25, -0.2) is 4.98 Å². The van der Waals surface area contributed by atoms with Crippen LogP contribution in [-0.4, -0.2) is 22.3 Å². The number of aromatic nitrogens is 2. The molecule has 0 aliphatic carbocycles. The number of carbonyl (C=O) groups is 1. The summed E-state index contributed by atoms with van der Waals surface area (Å²) < 4.78 is 0. The molecular weight excluding hydrogens is 262 g/mol. The van der Waals surface area contributed by atoms with Crippen LogP contribution in [-0.2, 0) is 11.2 Å². The third-order valence-electron chi connectivity index (χ3n) is 3.13. The van der Waals surface area contributed by atoms with Crippen LogP contribution in [0.3, 0.4) is 0 Å². The van der Waals surface area contributed by atoms with Gasteiger partial charge in [-0.2, -0.15) is 0 Å². The van der Waals surface area contributed by atoms with E-state index in [9.17, 15) is 4.79 Å². The van der Waals surface area contributed by atoms with Crippen LogP contribution in [0, 0.1) is 5.41 Å². The van der Waals surface area contributed by atoms with Crippen molar-refractivity contribution in [1.82, 2.24) is 9.97 Å². The number of H-pyrrole nitrogens is 1. The molecule has 2 rings (SSSR count). The van der Waals surface area contributed by atoms with Gasteiger partial charge in [-0.05, 0) is 36.5 Å². The Hall–Kier alpha value is -2.10. The van der Waals surface area contributed by atoms with E-state index in [4.69, 9.17) is 0 Å². The maximum absolute atomic E-state index is 11.0. The minimum atomic E-state index is 0.0699. The van der Waals surface area contributed by atoms with Crippen molar-refractivity contribution in [2.45, 2.75) is 34.1 Å². The van der Waals surface area contributed by atoms with E-state index in [0.717, 1.165) is 35.2 Å². The van der Waals surface area contributed by atoms with E-state index in [1.54, 1.807) is 13.0 Å². The lowest BCUT2D eigenvalue weighted by Crippen LogP contribution is -2.19. The smallest absolute Gasteiger partial charge is 0.152 e. The molecule has 2 aromatic rings. The molecule has 4 nitrogen and oxygen atoms in total. The number of rotatable bonds is 5. The largest absolute Gasteiger partial charge is 0.383 e. The summed E-state index contributed by atoms with van der Waals surface area (Å²) in [7, 11) is 0. The number of allylic oxidation sites excluding steroid dienone is 2. The predicted octanol–water partition coefficient (Wildman–Crippen LogP) is 3.71. The van der Waals surface area contributed by atoms with Gasteiger partial charge in [-0.15, -0.1) is 0 Å². The Morgan fingerprint density at radius 3 is 2.86 bits per heavy atom. The van der Waals surface area contributed by atoms with Gasteiger partial charge in [0.25, 0.3) is 0 Å². The van der Waals surface area contributed by atoms with Crippen LogP contribution in [0.4, 0.5) is 5.69 Å². The Balaban J connectivity index is 2.18. The van der Waals surface area contributed by atoms with E-state index in [1.807, 2.05) is 18.5 Å². The molecule has 0 bridgehead atoms. The highest BCUT2D eigenvalue weighted by molar-refractivity contribution is 5.87. The summed E-state index contributed by atoms with van der Waals surface area (Å²) in [4.78, 5) is 18.6. The third kappa shape index (κ3) is 4.45. The fourth-order valence-electron chi connectivity index (χ4n) is 2.04. The standard InChI is InChI=1S/C17H23N3O/c1-12(21)6-5-7-13-9-18-16-15(13)8-14(10-19-16)20-11-17(2,3)4/h5-6,8-10,20H,7,11H2,1-4H3,(H,18,19)/b6-5+. The van der Waals surface area contributed by atoms with Gasteiger partial charge < -0.3 is 10.3 Å². The maximum atomic E-state index is 11.0. The van der Waals surface area contributed by atoms with Crippen LogP contribution >= 0.6 is 0 Å². The van der Waals surface area contributed by atoms with Crippen molar-refractivity contribution in [3.05, 3.63) is 36.2 Å². The third-order valence-corrected chi connectivity index (χ3v) is 3.13. The van der Waals surface area contributed by atoms with Crippen LogP contribution < -0.4 is 5.32 Å². The number of hydrogen-bond donors (Lipinski definition) is 2. The first-order valence-electron chi connectivity index (χ1n) is 7.22. The number of ketones is 1. The number of aromatic amines is 1. The predicted molar refractivity (Wildman–Crippen MR) is 87.6 cm³/mol. The molecule has 0 radical (unpaired) electrons. The number of hydrogen-bond acceptors (Lipinski definition) is 3. The average Bonchev–Trinajstić information content (AvgIpc) is 2.78. The van der Waals surface area contributed by atoms with Gasteiger partial charge in [0.1, 0.15) is 5.65 Å². The van der Waals surface area contributed by atoms with E-state index < -0.39 is 0 Å². The Morgan fingerprint density at radius 1 is 1.43 bits per heavy atom. The van der Waals surface area contributed by atoms with E-state index in [2.05, 4.69) is 42.1 Å². The minimum Gasteiger partial charge on any atom is -0.383 e. The van der Waals surface area contributed by atoms with Gasteiger partial charge in [-0.1, -0.05) is 26.8 Å². The summed E-state index contributed by atoms with van der Waals surface area (Å²) in [5, 5.41) is 4.52. The molecule has 0 amide bonds. The molecule has 2 aromatic heterocycles. The molecule has 0 aliphatic rings. The van der Waals surface area contributed by atoms with Crippen LogP contribution in [0.15, 0.2) is 30.6 Å². The van der Waals surface area contributed by atoms with Crippen molar-refractivity contribution < 1.29 is 4.79 Å². The lowest BCUT2D eigenvalue weighted by Gasteiger charge is -2.19. The van der Waals surface area contributed by atoms with Crippen LogP contribution in [0.25, 0.3) is 11.0 Å². The second-order valence-corrected chi connectivity index (χ2v) is 6.57. The van der Waals surface area contributed by atoms with Crippen molar-refractivity contribution >= 4 is 22.5 Å². The molecule has 0 fully saturated rings. The lowest BCUT2D eigenvalue weighted by atomic mass is 9.97. The number of anilines is 1. The summed E-state index contributed by atoms with van der Waals surface area (Å²) in [6, 6.07) is 2.11. The lowest BCUT2D eigenvalue weighted by molar-refractivity contribution is -0.112. The van der Waals surface area contributed by atoms with Gasteiger partial charge in [0.15, 0.2) is 5.78 Å². The second-order valence-electron chi connectivity index (χ2n) is 6.57. The van der Waals surface area contributed by atoms with Crippen molar-refractivity contribution in [2.75, 3.05) is 11.9 Å². The van der Waals surface area contributed by atoms with E-state index in [0.29, 0.717) is 0 Å². The molecule has 2 N–H and O–H groups in total. The van der Waals surface area contributed by atoms with Gasteiger partial charge in [0.05, 0.1) is 11.9 Å². The highest BCUT2D eigenvalue weighted by Gasteiger charge is 2.10. The molecule has 21 heavy (non-hydrogen) atoms. The summed E-state index contributed by atoms with van der Waals surface area (Å²) >= 11 is 0. The van der Waals surface area contributed by atoms with E-state index in [-0.39, 0.29) is 11.2 Å². The molecule has 0 saturated heterocycles. The minimum absolute atomic E-state index is 0.0699. The monoisotopic (exact) mass is 285 g/mol. The summed E-state index contributed by atoms with van der Waals surface area (Å²) in [6.07, 6.45) is 8.02. The molecular formula is C17H23N3O. The fraction of sp³-hybridized carbons (Fsp3) is 0.412. The molecule has 0 aromatic carbocycles. The van der Waals surface area contributed by atoms with Gasteiger partial charge in [-0.3, -0.25) is 4.79 Å². The summed E-state index contributed by atoms with van der Waals surface area (Å²) in [5.74, 6) is 0.0699. The van der Waals surface area contributed by atoms with Crippen molar-refractivity contribution in [3.63, 3.8) is 0 Å². The fourth-order valence-corrected chi connectivity index (χ4v) is 2.04. The molecule has 0 unspecified atom stereocenters. The van der Waals surface area contributed by atoms with Crippen molar-refractivity contribution in [2.24, 2.45) is 5.41 Å². The van der Waals surface area contributed by atoms with E-state index >= 15 is 0 Å². The van der Waals surface area contributed by atoms with Gasteiger partial charge in [0.2, 0.25) is 0 Å². The summed E-state index contributed by atoms with van der Waals surface area (Å²) in [6.45, 7) is 9.03. The molecule has 4 heteroatoms. The Kier molecular flexibility index (Phi) is 4.46. The number of nitrogens with zero attached hydrogens (tertiary/aromatic N) is 1. The number of pyridine rings is 1. The zero-order chi connectivity index (χ0) is 15.5. The van der Waals surface area contributed by atoms with Gasteiger partial charge >= 0.3 is 0 Å². The van der Waals surface area contributed by atoms with E-state index in [1.165, 1.54) is 0 Å². The SMILES string of the molecule is CC(=O)/C=C/Cc1c[nH]c2ncc(NCC(C)(C)C)cc12. The highest BCUT2D eigenvalue weighted by atomic mass is 16.1. The molecule has 0 spiro atoms. The quantitative estimate of drug-likeness (QED) is 0.823. The molecule has 0 aliphatic heterocycles.